The minimum atomic E-state index is 1.06. The number of hydrogen-bond donors (Lipinski definition) is 0. The molecule has 4 aromatic rings. The van der Waals surface area contributed by atoms with Crippen molar-refractivity contribution in [1.29, 1.82) is 0 Å². The maximum absolute atomic E-state index is 4.75. The van der Waals surface area contributed by atoms with Gasteiger partial charge in [-0.05, 0) is 0 Å². The summed E-state index contributed by atoms with van der Waals surface area (Å²) < 4.78 is 1.06. The molecule has 0 fully saturated rings. The van der Waals surface area contributed by atoms with Crippen LogP contribution in [0.4, 0.5) is 0 Å². The first kappa shape index (κ1) is 11.1. The zero-order valence-electron chi connectivity index (χ0n) is 10.1. The van der Waals surface area contributed by atoms with Gasteiger partial charge in [-0.25, -0.2) is 0 Å². The summed E-state index contributed by atoms with van der Waals surface area (Å²) in [7, 11) is 0. The van der Waals surface area contributed by atoms with E-state index >= 15 is 0 Å². The molecule has 0 bridgehead atoms. The van der Waals surface area contributed by atoms with Crippen molar-refractivity contribution in [2.75, 3.05) is 0 Å². The minimum absolute atomic E-state index is 1.06. The molecule has 0 aliphatic carbocycles. The van der Waals surface area contributed by atoms with Gasteiger partial charge in [-0.3, -0.25) is 0 Å². The summed E-state index contributed by atoms with van der Waals surface area (Å²) >= 11 is 2.05. The van der Waals surface area contributed by atoms with Crippen LogP contribution in [0.5, 0.6) is 0 Å². The summed E-state index contributed by atoms with van der Waals surface area (Å²) in [6.07, 6.45) is 0. The predicted molar refractivity (Wildman–Crippen MR) is 76.4 cm³/mol. The Bertz CT molecular complexity index is 893. The van der Waals surface area contributed by atoms with E-state index in [1.165, 1.54) is 26.9 Å². The van der Waals surface area contributed by atoms with Crippen molar-refractivity contribution in [2.24, 2.45) is 0 Å². The molecule has 0 aliphatic rings. The third kappa shape index (κ3) is 1.61. The zero-order valence-corrected chi connectivity index (χ0v) is 12.4. The van der Waals surface area contributed by atoms with E-state index in [4.69, 9.17) is 4.98 Å². The topological polar surface area (TPSA) is 12.9 Å². The standard InChI is InChI=1S/C17H10N.Ir/c1-2-7-14-12(6-1)13-8-3-4-9-15(13)17-16(14)10-5-11-18-17;/h1-10H;/q;+2. The van der Waals surface area contributed by atoms with E-state index < -0.39 is 0 Å². The Hall–Kier alpha value is -1.76. The van der Waals surface area contributed by atoms with Gasteiger partial charge in [0, 0.05) is 0 Å². The van der Waals surface area contributed by atoms with Crippen molar-refractivity contribution in [3.05, 3.63) is 60.7 Å². The molecular weight excluding hydrogens is 410 g/mol. The number of rotatable bonds is 0. The molecular formula is C17H10IrN+2. The second-order valence-corrected chi connectivity index (χ2v) is 5.83. The molecule has 0 aliphatic heterocycles. The van der Waals surface area contributed by atoms with Crippen molar-refractivity contribution in [2.45, 2.75) is 0 Å². The van der Waals surface area contributed by atoms with Crippen molar-refractivity contribution < 1.29 is 18.9 Å². The van der Waals surface area contributed by atoms with Crippen LogP contribution in [-0.4, -0.2) is 4.98 Å². The number of nitrogens with zero attached hydrogens (tertiary/aromatic N) is 1. The molecule has 0 spiro atoms. The molecule has 19 heavy (non-hydrogen) atoms. The van der Waals surface area contributed by atoms with Gasteiger partial charge in [-0.15, -0.1) is 0 Å². The van der Waals surface area contributed by atoms with E-state index in [1.54, 1.807) is 0 Å². The molecule has 0 N–H and O–H groups in total. The van der Waals surface area contributed by atoms with Gasteiger partial charge in [0.2, 0.25) is 0 Å². The first-order valence-corrected chi connectivity index (χ1v) is 7.38. The number of aromatic nitrogens is 1. The molecule has 0 amide bonds. The van der Waals surface area contributed by atoms with E-state index in [0.29, 0.717) is 0 Å². The van der Waals surface area contributed by atoms with Gasteiger partial charge in [0.25, 0.3) is 0 Å². The summed E-state index contributed by atoms with van der Waals surface area (Å²) in [5.41, 5.74) is 1.11. The molecule has 1 heterocycles. The molecule has 1 aromatic heterocycles. The van der Waals surface area contributed by atoms with Crippen LogP contribution < -0.4 is 4.21 Å². The normalized spacial score (nSPS) is 11.4. The van der Waals surface area contributed by atoms with Gasteiger partial charge in [0.05, 0.1) is 0 Å². The van der Waals surface area contributed by atoms with Crippen LogP contribution in [0.2, 0.25) is 0 Å². The van der Waals surface area contributed by atoms with Crippen LogP contribution in [0.3, 0.4) is 0 Å². The monoisotopic (exact) mass is 421 g/mol. The van der Waals surface area contributed by atoms with Crippen LogP contribution in [-0.2, 0) is 18.9 Å². The van der Waals surface area contributed by atoms with Crippen molar-refractivity contribution in [3.8, 4) is 0 Å². The second kappa shape index (κ2) is 4.12. The average Bonchev–Trinajstić information content (AvgIpc) is 2.47. The second-order valence-electron chi connectivity index (χ2n) is 4.60. The van der Waals surface area contributed by atoms with Gasteiger partial charge in [0.15, 0.2) is 0 Å². The van der Waals surface area contributed by atoms with Crippen LogP contribution in [0.1, 0.15) is 0 Å². The third-order valence-corrected chi connectivity index (χ3v) is 4.21. The molecule has 0 unspecified atom stereocenters. The molecule has 4 rings (SSSR count). The van der Waals surface area contributed by atoms with Crippen LogP contribution in [0.25, 0.3) is 32.4 Å². The van der Waals surface area contributed by atoms with E-state index in [1.807, 2.05) is 18.9 Å². The van der Waals surface area contributed by atoms with Crippen LogP contribution in [0.15, 0.2) is 60.7 Å². The Morgan fingerprint density at radius 3 is 1.68 bits per heavy atom. The summed E-state index contributed by atoms with van der Waals surface area (Å²) in [5, 5.41) is 6.34. The molecule has 0 atom stereocenters. The predicted octanol–water partition coefficient (Wildman–Crippen LogP) is 3.71. The molecule has 2 heteroatoms. The van der Waals surface area contributed by atoms with E-state index in [0.717, 1.165) is 9.72 Å². The molecule has 0 saturated heterocycles. The van der Waals surface area contributed by atoms with Crippen molar-refractivity contribution >= 4 is 36.7 Å². The Kier molecular flexibility index (Phi) is 2.41. The molecule has 3 aromatic carbocycles. The first-order valence-electron chi connectivity index (χ1n) is 6.18. The third-order valence-electron chi connectivity index (χ3n) is 3.54. The Morgan fingerprint density at radius 2 is 1.05 bits per heavy atom. The summed E-state index contributed by atoms with van der Waals surface area (Å²) in [4.78, 5) is 4.75. The number of benzene rings is 3. The first-order chi connectivity index (χ1) is 9.34. The fourth-order valence-corrected chi connectivity index (χ4v) is 3.19. The van der Waals surface area contributed by atoms with Crippen molar-refractivity contribution in [1.82, 2.24) is 4.98 Å². The van der Waals surface area contributed by atoms with Gasteiger partial charge in [-0.2, -0.15) is 0 Å². The molecule has 1 nitrogen and oxygen atoms in total. The fourth-order valence-electron chi connectivity index (χ4n) is 2.73. The maximum atomic E-state index is 4.75. The quantitative estimate of drug-likeness (QED) is 0.395. The van der Waals surface area contributed by atoms with E-state index in [2.05, 4.69) is 60.7 Å². The number of pyridine rings is 1. The number of hydrogen-bond acceptors (Lipinski definition) is 1. The molecule has 90 valence electrons. The SMILES string of the molecule is [Ir+2][c]1ccc2c3ccccc3c3ccccc3c2n1. The Morgan fingerprint density at radius 1 is 0.579 bits per heavy atom. The fraction of sp³-hybridized carbons (Fsp3) is 0. The van der Waals surface area contributed by atoms with E-state index in [9.17, 15) is 0 Å². The van der Waals surface area contributed by atoms with Crippen molar-refractivity contribution in [3.63, 3.8) is 0 Å². The average molecular weight is 420 g/mol. The zero-order chi connectivity index (χ0) is 12.8. The number of fused-ring (bicyclic) bond motifs is 6. The van der Waals surface area contributed by atoms with Gasteiger partial charge in [-0.1, -0.05) is 0 Å². The van der Waals surface area contributed by atoms with Gasteiger partial charge < -0.3 is 0 Å². The molecule has 0 radical (unpaired) electrons. The van der Waals surface area contributed by atoms with E-state index in [-0.39, 0.29) is 0 Å². The summed E-state index contributed by atoms with van der Waals surface area (Å²) in [6.45, 7) is 0. The summed E-state index contributed by atoms with van der Waals surface area (Å²) in [5.74, 6) is 0. The Labute approximate surface area is 121 Å². The Balaban J connectivity index is 2.43. The molecule has 0 saturated carbocycles. The van der Waals surface area contributed by atoms with Crippen LogP contribution >= 0.6 is 0 Å². The van der Waals surface area contributed by atoms with Crippen LogP contribution in [0, 0.1) is 0 Å². The van der Waals surface area contributed by atoms with Gasteiger partial charge in [0.1, 0.15) is 0 Å². The summed E-state index contributed by atoms with van der Waals surface area (Å²) in [6, 6.07) is 21.4. The van der Waals surface area contributed by atoms with Gasteiger partial charge >= 0.3 is 121 Å².